The lowest BCUT2D eigenvalue weighted by molar-refractivity contribution is 0.212. The highest BCUT2D eigenvalue weighted by atomic mass is 16.6. The van der Waals surface area contributed by atoms with E-state index in [0.29, 0.717) is 6.42 Å². The monoisotopic (exact) mass is 261 g/mol. The number of nitrogens with zero attached hydrogens (tertiary/aromatic N) is 2. The minimum Gasteiger partial charge on any atom is -0.399 e. The first kappa shape index (κ1) is 15.0. The maximum atomic E-state index is 11.6. The van der Waals surface area contributed by atoms with Gasteiger partial charge in [-0.15, -0.1) is 0 Å². The summed E-state index contributed by atoms with van der Waals surface area (Å²) in [7, 11) is 1.49. The summed E-state index contributed by atoms with van der Waals surface area (Å²) in [6.45, 7) is 4.05. The van der Waals surface area contributed by atoms with E-state index in [4.69, 9.17) is 10.1 Å². The zero-order valence-electron chi connectivity index (χ0n) is 11.6. The molecular formula is C14H19N3O2. The molecule has 0 saturated carbocycles. The van der Waals surface area contributed by atoms with Crippen LogP contribution in [0.15, 0.2) is 16.0 Å². The van der Waals surface area contributed by atoms with Gasteiger partial charge in [0.25, 0.3) is 5.56 Å². The molecule has 0 spiro atoms. The zero-order valence-corrected chi connectivity index (χ0v) is 11.6. The van der Waals surface area contributed by atoms with Crippen molar-refractivity contribution < 1.29 is 4.84 Å². The molecule has 1 aromatic rings. The third-order valence-corrected chi connectivity index (χ3v) is 2.88. The largest absolute Gasteiger partial charge is 0.399 e. The van der Waals surface area contributed by atoms with Crippen LogP contribution in [0.1, 0.15) is 49.9 Å². The first-order chi connectivity index (χ1) is 9.17. The normalized spacial score (nSPS) is 11.2. The summed E-state index contributed by atoms with van der Waals surface area (Å²) in [6, 6.07) is 3.50. The van der Waals surface area contributed by atoms with Gasteiger partial charge in [0.05, 0.1) is 5.71 Å². The Labute approximate surface area is 112 Å². The standard InChI is InChI=1S/C14H19N3O2/c1-4-6-7-13(17-19-3)11-8-10(9-15)14(18)16-12(11)5-2/h8H,4-7H2,1-3H3,(H,16,18). The minimum atomic E-state index is -0.352. The van der Waals surface area contributed by atoms with Crippen molar-refractivity contribution in [1.82, 2.24) is 4.98 Å². The van der Waals surface area contributed by atoms with Crippen molar-refractivity contribution in [1.29, 1.82) is 5.26 Å². The van der Waals surface area contributed by atoms with Crippen LogP contribution in [0.5, 0.6) is 0 Å². The maximum absolute atomic E-state index is 11.6. The van der Waals surface area contributed by atoms with Crippen molar-refractivity contribution in [2.45, 2.75) is 39.5 Å². The number of H-pyrrole nitrogens is 1. The number of aromatic amines is 1. The molecule has 102 valence electrons. The van der Waals surface area contributed by atoms with Crippen molar-refractivity contribution >= 4 is 5.71 Å². The number of hydrogen-bond acceptors (Lipinski definition) is 4. The highest BCUT2D eigenvalue weighted by molar-refractivity contribution is 6.01. The zero-order chi connectivity index (χ0) is 14.3. The van der Waals surface area contributed by atoms with E-state index in [0.717, 1.165) is 36.2 Å². The number of rotatable bonds is 6. The second kappa shape index (κ2) is 7.37. The lowest BCUT2D eigenvalue weighted by atomic mass is 10.0. The van der Waals surface area contributed by atoms with Gasteiger partial charge in [0.15, 0.2) is 0 Å². The Hall–Kier alpha value is -2.09. The van der Waals surface area contributed by atoms with Gasteiger partial charge >= 0.3 is 0 Å². The second-order valence-corrected chi connectivity index (χ2v) is 4.19. The second-order valence-electron chi connectivity index (χ2n) is 4.19. The Balaban J connectivity index is 3.32. The molecule has 0 aromatic carbocycles. The van der Waals surface area contributed by atoms with E-state index >= 15 is 0 Å². The smallest absolute Gasteiger partial charge is 0.266 e. The molecule has 1 heterocycles. The fourth-order valence-electron chi connectivity index (χ4n) is 1.87. The molecular weight excluding hydrogens is 242 g/mol. The molecule has 0 fully saturated rings. The molecule has 1 rings (SSSR count). The Kier molecular flexibility index (Phi) is 5.80. The van der Waals surface area contributed by atoms with Gasteiger partial charge in [-0.05, 0) is 25.3 Å². The molecule has 1 N–H and O–H groups in total. The van der Waals surface area contributed by atoms with Crippen LogP contribution in [-0.4, -0.2) is 17.8 Å². The molecule has 0 saturated heterocycles. The molecule has 0 atom stereocenters. The van der Waals surface area contributed by atoms with Gasteiger partial charge in [-0.3, -0.25) is 4.79 Å². The third-order valence-electron chi connectivity index (χ3n) is 2.88. The summed E-state index contributed by atoms with van der Waals surface area (Å²) >= 11 is 0. The quantitative estimate of drug-likeness (QED) is 0.630. The summed E-state index contributed by atoms with van der Waals surface area (Å²) in [5.41, 5.74) is 2.11. The molecule has 19 heavy (non-hydrogen) atoms. The fraction of sp³-hybridized carbons (Fsp3) is 0.500. The molecule has 0 aliphatic heterocycles. The van der Waals surface area contributed by atoms with Gasteiger partial charge in [0.1, 0.15) is 18.7 Å². The summed E-state index contributed by atoms with van der Waals surface area (Å²) in [4.78, 5) is 19.2. The van der Waals surface area contributed by atoms with Gasteiger partial charge < -0.3 is 9.82 Å². The number of aromatic nitrogens is 1. The lowest BCUT2D eigenvalue weighted by Gasteiger charge is -2.10. The minimum absolute atomic E-state index is 0.104. The number of pyridine rings is 1. The molecule has 5 heteroatoms. The van der Waals surface area contributed by atoms with Gasteiger partial charge in [0.2, 0.25) is 0 Å². The molecule has 0 amide bonds. The topological polar surface area (TPSA) is 78.2 Å². The molecule has 1 aromatic heterocycles. The van der Waals surface area contributed by atoms with Crippen molar-refractivity contribution in [3.05, 3.63) is 33.2 Å². The molecule has 5 nitrogen and oxygen atoms in total. The molecule has 0 aliphatic rings. The van der Waals surface area contributed by atoms with E-state index in [1.807, 2.05) is 13.0 Å². The third kappa shape index (κ3) is 3.68. The summed E-state index contributed by atoms with van der Waals surface area (Å²) in [6.07, 6.45) is 3.45. The number of nitrogens with one attached hydrogen (secondary N) is 1. The fourth-order valence-corrected chi connectivity index (χ4v) is 1.87. The van der Waals surface area contributed by atoms with Gasteiger partial charge in [-0.2, -0.15) is 5.26 Å². The Morgan fingerprint density at radius 2 is 2.26 bits per heavy atom. The molecule has 0 unspecified atom stereocenters. The average Bonchev–Trinajstić information content (AvgIpc) is 2.43. The first-order valence-electron chi connectivity index (χ1n) is 6.44. The van der Waals surface area contributed by atoms with Crippen LogP contribution in [0.3, 0.4) is 0 Å². The van der Waals surface area contributed by atoms with Crippen LogP contribution >= 0.6 is 0 Å². The van der Waals surface area contributed by atoms with Crippen LogP contribution in [-0.2, 0) is 11.3 Å². The van der Waals surface area contributed by atoms with Crippen LogP contribution in [0.25, 0.3) is 0 Å². The highest BCUT2D eigenvalue weighted by Gasteiger charge is 2.13. The number of unbranched alkanes of at least 4 members (excludes halogenated alkanes) is 1. The van der Waals surface area contributed by atoms with E-state index in [1.165, 1.54) is 7.11 Å². The van der Waals surface area contributed by atoms with Crippen molar-refractivity contribution in [3.8, 4) is 6.07 Å². The predicted molar refractivity (Wildman–Crippen MR) is 74.2 cm³/mol. The Morgan fingerprint density at radius 1 is 1.53 bits per heavy atom. The predicted octanol–water partition coefficient (Wildman–Crippen LogP) is 2.35. The average molecular weight is 261 g/mol. The SMILES string of the molecule is CCCCC(=NOC)c1cc(C#N)c(=O)[nH]c1CC. The first-order valence-corrected chi connectivity index (χ1v) is 6.44. The van der Waals surface area contributed by atoms with E-state index in [9.17, 15) is 4.79 Å². The molecule has 0 bridgehead atoms. The Morgan fingerprint density at radius 3 is 2.79 bits per heavy atom. The number of oxime groups is 1. The van der Waals surface area contributed by atoms with E-state index in [2.05, 4.69) is 17.1 Å². The van der Waals surface area contributed by atoms with E-state index < -0.39 is 0 Å². The summed E-state index contributed by atoms with van der Waals surface area (Å²) in [5.74, 6) is 0. The lowest BCUT2D eigenvalue weighted by Crippen LogP contribution is -2.18. The Bertz CT molecular complexity index is 553. The number of nitriles is 1. The van der Waals surface area contributed by atoms with Crippen LogP contribution in [0.2, 0.25) is 0 Å². The van der Waals surface area contributed by atoms with Crippen LogP contribution in [0.4, 0.5) is 0 Å². The van der Waals surface area contributed by atoms with Crippen LogP contribution in [0, 0.1) is 11.3 Å². The van der Waals surface area contributed by atoms with Gasteiger partial charge in [-0.1, -0.05) is 25.4 Å². The van der Waals surface area contributed by atoms with Crippen molar-refractivity contribution in [2.75, 3.05) is 7.11 Å². The van der Waals surface area contributed by atoms with E-state index in [1.54, 1.807) is 6.07 Å². The van der Waals surface area contributed by atoms with Crippen LogP contribution < -0.4 is 5.56 Å². The highest BCUT2D eigenvalue weighted by Crippen LogP contribution is 2.13. The molecule has 0 radical (unpaired) electrons. The maximum Gasteiger partial charge on any atom is 0.266 e. The van der Waals surface area contributed by atoms with Gasteiger partial charge in [-0.25, -0.2) is 0 Å². The van der Waals surface area contributed by atoms with E-state index in [-0.39, 0.29) is 11.1 Å². The van der Waals surface area contributed by atoms with Crippen molar-refractivity contribution in [3.63, 3.8) is 0 Å². The number of hydrogen-bond donors (Lipinski definition) is 1. The van der Waals surface area contributed by atoms with Crippen molar-refractivity contribution in [2.24, 2.45) is 5.16 Å². The molecule has 0 aliphatic carbocycles. The summed E-state index contributed by atoms with van der Waals surface area (Å²) < 4.78 is 0. The summed E-state index contributed by atoms with van der Waals surface area (Å²) in [5, 5.41) is 13.0. The van der Waals surface area contributed by atoms with Gasteiger partial charge in [0, 0.05) is 11.3 Å². The number of aryl methyl sites for hydroxylation is 1.